The monoisotopic (exact) mass is 391 g/mol. The van der Waals surface area contributed by atoms with Gasteiger partial charge in [0.1, 0.15) is 0 Å². The molecule has 3 aromatic rings. The summed E-state index contributed by atoms with van der Waals surface area (Å²) in [6, 6.07) is 20.2. The Balaban J connectivity index is 1.52. The van der Waals surface area contributed by atoms with Crippen molar-refractivity contribution in [3.63, 3.8) is 0 Å². The summed E-state index contributed by atoms with van der Waals surface area (Å²) in [7, 11) is 3.35. The standard InChI is InChI=1S/C22H21N3O2S/c1-24(16-11-12-21(27-2)23-15-16)22(26)13-14-25-17-7-3-5-9-19(17)28-20-10-6-4-8-18(20)25/h3-12,15H,13-14H2,1-2H3. The number of hydrogen-bond acceptors (Lipinski definition) is 5. The number of carbonyl (C=O) groups excluding carboxylic acids is 1. The molecular formula is C22H21N3O2S. The topological polar surface area (TPSA) is 45.7 Å². The van der Waals surface area contributed by atoms with Gasteiger partial charge in [-0.3, -0.25) is 4.79 Å². The molecule has 0 spiro atoms. The number of fused-ring (bicyclic) bond motifs is 2. The zero-order chi connectivity index (χ0) is 19.5. The summed E-state index contributed by atoms with van der Waals surface area (Å²) in [6.07, 6.45) is 2.05. The van der Waals surface area contributed by atoms with E-state index in [0.29, 0.717) is 18.8 Å². The van der Waals surface area contributed by atoms with Crippen molar-refractivity contribution in [3.05, 3.63) is 66.9 Å². The molecule has 0 N–H and O–H groups in total. The number of nitrogens with zero attached hydrogens (tertiary/aromatic N) is 3. The Kier molecular flexibility index (Phi) is 5.21. The third-order valence-corrected chi connectivity index (χ3v) is 5.90. The number of anilines is 3. The summed E-state index contributed by atoms with van der Waals surface area (Å²) in [5, 5.41) is 0. The fourth-order valence-corrected chi connectivity index (χ4v) is 4.33. The summed E-state index contributed by atoms with van der Waals surface area (Å²) in [5.74, 6) is 0.573. The highest BCUT2D eigenvalue weighted by Gasteiger charge is 2.23. The molecule has 2 aromatic carbocycles. The lowest BCUT2D eigenvalue weighted by atomic mass is 10.2. The van der Waals surface area contributed by atoms with Gasteiger partial charge in [-0.1, -0.05) is 36.0 Å². The molecule has 0 bridgehead atoms. The molecule has 0 aliphatic carbocycles. The van der Waals surface area contributed by atoms with E-state index in [1.165, 1.54) is 9.79 Å². The molecule has 2 heterocycles. The number of aromatic nitrogens is 1. The summed E-state index contributed by atoms with van der Waals surface area (Å²) in [5.41, 5.74) is 3.04. The van der Waals surface area contributed by atoms with Crippen molar-refractivity contribution in [2.45, 2.75) is 16.2 Å². The molecule has 0 unspecified atom stereocenters. The Labute approximate surface area is 169 Å². The number of benzene rings is 2. The molecule has 1 aromatic heterocycles. The number of para-hydroxylation sites is 2. The first-order valence-electron chi connectivity index (χ1n) is 9.07. The lowest BCUT2D eigenvalue weighted by Gasteiger charge is -2.33. The second-order valence-corrected chi connectivity index (χ2v) is 7.53. The minimum absolute atomic E-state index is 0.0418. The van der Waals surface area contributed by atoms with Crippen LogP contribution < -0.4 is 14.5 Å². The third-order valence-electron chi connectivity index (χ3n) is 4.77. The van der Waals surface area contributed by atoms with Gasteiger partial charge in [-0.05, 0) is 30.3 Å². The van der Waals surface area contributed by atoms with E-state index in [9.17, 15) is 4.79 Å². The maximum Gasteiger partial charge on any atom is 0.228 e. The molecule has 0 radical (unpaired) electrons. The van der Waals surface area contributed by atoms with Crippen LogP contribution in [0.4, 0.5) is 17.1 Å². The van der Waals surface area contributed by atoms with Crippen LogP contribution in [0.5, 0.6) is 5.88 Å². The predicted octanol–water partition coefficient (Wildman–Crippen LogP) is 4.75. The number of amides is 1. The van der Waals surface area contributed by atoms with Gasteiger partial charge in [0.15, 0.2) is 0 Å². The number of methoxy groups -OCH3 is 1. The minimum Gasteiger partial charge on any atom is -0.481 e. The first kappa shape index (κ1) is 18.4. The molecule has 0 atom stereocenters. The molecule has 1 aliphatic rings. The molecule has 0 saturated heterocycles. The van der Waals surface area contributed by atoms with Crippen molar-refractivity contribution in [1.82, 2.24) is 4.98 Å². The van der Waals surface area contributed by atoms with Crippen LogP contribution in [0.1, 0.15) is 6.42 Å². The summed E-state index contributed by atoms with van der Waals surface area (Å²) < 4.78 is 5.08. The third kappa shape index (κ3) is 3.55. The molecule has 1 aliphatic heterocycles. The highest BCUT2D eigenvalue weighted by atomic mass is 32.2. The van der Waals surface area contributed by atoms with Crippen LogP contribution in [0, 0.1) is 0 Å². The van der Waals surface area contributed by atoms with Crippen molar-refractivity contribution in [2.75, 3.05) is 30.5 Å². The van der Waals surface area contributed by atoms with Crippen LogP contribution in [-0.4, -0.2) is 31.6 Å². The first-order valence-corrected chi connectivity index (χ1v) is 9.89. The van der Waals surface area contributed by atoms with Crippen LogP contribution in [0.15, 0.2) is 76.7 Å². The smallest absolute Gasteiger partial charge is 0.228 e. The van der Waals surface area contributed by atoms with Crippen molar-refractivity contribution in [3.8, 4) is 5.88 Å². The van der Waals surface area contributed by atoms with E-state index < -0.39 is 0 Å². The van der Waals surface area contributed by atoms with Crippen LogP contribution in [0.3, 0.4) is 0 Å². The summed E-state index contributed by atoms with van der Waals surface area (Å²) >= 11 is 1.77. The zero-order valence-electron chi connectivity index (χ0n) is 15.8. The van der Waals surface area contributed by atoms with Gasteiger partial charge in [-0.25, -0.2) is 4.98 Å². The Morgan fingerprint density at radius 2 is 1.68 bits per heavy atom. The van der Waals surface area contributed by atoms with Gasteiger partial charge in [0.25, 0.3) is 0 Å². The van der Waals surface area contributed by atoms with E-state index in [4.69, 9.17) is 4.74 Å². The molecule has 142 valence electrons. The Morgan fingerprint density at radius 3 is 2.25 bits per heavy atom. The van der Waals surface area contributed by atoms with Crippen LogP contribution in [0.25, 0.3) is 0 Å². The normalized spacial score (nSPS) is 12.1. The molecule has 1 amide bonds. The second-order valence-electron chi connectivity index (χ2n) is 6.45. The second kappa shape index (κ2) is 7.94. The van der Waals surface area contributed by atoms with E-state index >= 15 is 0 Å². The largest absolute Gasteiger partial charge is 0.481 e. The molecule has 6 heteroatoms. The Bertz CT molecular complexity index is 946. The fraction of sp³-hybridized carbons (Fsp3) is 0.182. The molecule has 4 rings (SSSR count). The average Bonchev–Trinajstić information content (AvgIpc) is 2.76. The van der Waals surface area contributed by atoms with Crippen molar-refractivity contribution in [1.29, 1.82) is 0 Å². The molecule has 5 nitrogen and oxygen atoms in total. The Hall–Kier alpha value is -2.99. The Morgan fingerprint density at radius 1 is 1.04 bits per heavy atom. The zero-order valence-corrected chi connectivity index (χ0v) is 16.6. The molecule has 28 heavy (non-hydrogen) atoms. The molecule has 0 saturated carbocycles. The maximum absolute atomic E-state index is 12.8. The number of rotatable bonds is 5. The fourth-order valence-electron chi connectivity index (χ4n) is 3.23. The quantitative estimate of drug-likeness (QED) is 0.628. The predicted molar refractivity (Wildman–Crippen MR) is 113 cm³/mol. The van der Waals surface area contributed by atoms with Gasteiger partial charge < -0.3 is 14.5 Å². The number of pyridine rings is 1. The minimum atomic E-state index is 0.0418. The van der Waals surface area contributed by atoms with Crippen LogP contribution in [-0.2, 0) is 4.79 Å². The highest BCUT2D eigenvalue weighted by molar-refractivity contribution is 7.99. The van der Waals surface area contributed by atoms with Gasteiger partial charge in [0.05, 0.1) is 30.4 Å². The average molecular weight is 391 g/mol. The van der Waals surface area contributed by atoms with E-state index in [-0.39, 0.29) is 5.91 Å². The first-order chi connectivity index (χ1) is 13.7. The van der Waals surface area contributed by atoms with Gasteiger partial charge in [0.2, 0.25) is 11.8 Å². The van der Waals surface area contributed by atoms with Crippen LogP contribution in [0.2, 0.25) is 0 Å². The van der Waals surface area contributed by atoms with E-state index in [1.54, 1.807) is 43.1 Å². The van der Waals surface area contributed by atoms with Gasteiger partial charge in [-0.15, -0.1) is 0 Å². The summed E-state index contributed by atoms with van der Waals surface area (Å²) in [6.45, 7) is 0.612. The summed E-state index contributed by atoms with van der Waals surface area (Å²) in [4.78, 5) is 23.3. The lowest BCUT2D eigenvalue weighted by molar-refractivity contribution is -0.118. The van der Waals surface area contributed by atoms with Gasteiger partial charge in [-0.2, -0.15) is 0 Å². The van der Waals surface area contributed by atoms with E-state index in [2.05, 4.69) is 34.1 Å². The number of carbonyl (C=O) groups is 1. The highest BCUT2D eigenvalue weighted by Crippen LogP contribution is 2.47. The molecule has 0 fully saturated rings. The SMILES string of the molecule is COc1ccc(N(C)C(=O)CCN2c3ccccc3Sc3ccccc32)cn1. The maximum atomic E-state index is 12.8. The van der Waals surface area contributed by atoms with Crippen molar-refractivity contribution < 1.29 is 9.53 Å². The number of ether oxygens (including phenoxy) is 1. The number of hydrogen-bond donors (Lipinski definition) is 0. The van der Waals surface area contributed by atoms with Crippen molar-refractivity contribution in [2.24, 2.45) is 0 Å². The van der Waals surface area contributed by atoms with E-state index in [1.807, 2.05) is 30.3 Å². The molecular weight excluding hydrogens is 370 g/mol. The lowest BCUT2D eigenvalue weighted by Crippen LogP contribution is -2.31. The van der Waals surface area contributed by atoms with Gasteiger partial charge in [0, 0.05) is 35.9 Å². The van der Waals surface area contributed by atoms with Crippen LogP contribution >= 0.6 is 11.8 Å². The van der Waals surface area contributed by atoms with Gasteiger partial charge >= 0.3 is 0 Å². The van der Waals surface area contributed by atoms with E-state index in [0.717, 1.165) is 17.1 Å². The van der Waals surface area contributed by atoms with Crippen molar-refractivity contribution >= 4 is 34.7 Å².